The fourth-order valence-electron chi connectivity index (χ4n) is 1.06. The summed E-state index contributed by atoms with van der Waals surface area (Å²) in [5.74, 6) is 0. The molecule has 1 rings (SSSR count). The molecule has 0 bridgehead atoms. The molecule has 56 valence electrons. The number of rotatable bonds is 2. The van der Waals surface area contributed by atoms with Gasteiger partial charge in [-0.25, -0.2) is 0 Å². The fraction of sp³-hybridized carbons (Fsp3) is 0.500. The van der Waals surface area contributed by atoms with Crippen molar-refractivity contribution < 1.29 is 0 Å². The van der Waals surface area contributed by atoms with Gasteiger partial charge in [-0.3, -0.25) is 0 Å². The van der Waals surface area contributed by atoms with Crippen LogP contribution in [0.15, 0.2) is 24.3 Å². The van der Waals surface area contributed by atoms with Gasteiger partial charge < -0.3 is 5.73 Å². The van der Waals surface area contributed by atoms with Gasteiger partial charge >= 0.3 is 0 Å². The minimum absolute atomic E-state index is 0.149. The van der Waals surface area contributed by atoms with Crippen LogP contribution in [0.4, 0.5) is 0 Å². The topological polar surface area (TPSA) is 26.0 Å². The first-order chi connectivity index (χ1) is 4.77. The molecule has 1 aliphatic carbocycles. The predicted molar refractivity (Wildman–Crippen MR) is 48.2 cm³/mol. The summed E-state index contributed by atoms with van der Waals surface area (Å²) in [4.78, 5) is 0. The van der Waals surface area contributed by atoms with E-state index in [1.54, 1.807) is 0 Å². The van der Waals surface area contributed by atoms with Gasteiger partial charge in [0.1, 0.15) is 0 Å². The van der Waals surface area contributed by atoms with Gasteiger partial charge in [-0.2, -0.15) is 0 Å². The van der Waals surface area contributed by atoms with Crippen molar-refractivity contribution in [3.05, 3.63) is 24.3 Å². The molecule has 0 heterocycles. The highest BCUT2D eigenvalue weighted by Crippen LogP contribution is 2.30. The lowest BCUT2D eigenvalue weighted by Gasteiger charge is -2.22. The van der Waals surface area contributed by atoms with Crippen molar-refractivity contribution in [2.45, 2.75) is 17.2 Å². The molecule has 2 N–H and O–H groups in total. The minimum atomic E-state index is 0.149. The number of hydrogen-bond acceptors (Lipinski definition) is 1. The van der Waals surface area contributed by atoms with E-state index in [1.165, 1.54) is 0 Å². The van der Waals surface area contributed by atoms with Gasteiger partial charge in [-0.05, 0) is 19.4 Å². The quantitative estimate of drug-likeness (QED) is 0.680. The molecule has 10 heavy (non-hydrogen) atoms. The first kappa shape index (κ1) is 8.02. The van der Waals surface area contributed by atoms with E-state index in [9.17, 15) is 0 Å². The summed E-state index contributed by atoms with van der Waals surface area (Å²) >= 11 is 3.64. The maximum Gasteiger partial charge on any atom is 0.0486 e. The van der Waals surface area contributed by atoms with E-state index in [4.69, 9.17) is 5.73 Å². The molecule has 0 saturated carbocycles. The van der Waals surface area contributed by atoms with Gasteiger partial charge in [0.2, 0.25) is 0 Å². The molecule has 0 amide bonds. The number of halogens is 1. The second-order valence-corrected chi connectivity index (χ2v) is 4.14. The molecule has 0 spiro atoms. The zero-order valence-corrected chi connectivity index (χ0v) is 7.47. The molecule has 0 aromatic carbocycles. The van der Waals surface area contributed by atoms with Crippen molar-refractivity contribution in [1.29, 1.82) is 0 Å². The van der Waals surface area contributed by atoms with E-state index >= 15 is 0 Å². The number of alkyl halides is 1. The predicted octanol–water partition coefficient (Wildman–Crippen LogP) is 1.99. The molecule has 0 aliphatic heterocycles. The summed E-state index contributed by atoms with van der Waals surface area (Å²) < 4.78 is 0.149. The summed E-state index contributed by atoms with van der Waals surface area (Å²) in [6.07, 6.45) is 10.5. The third kappa shape index (κ3) is 1.96. The fourth-order valence-corrected chi connectivity index (χ4v) is 1.63. The standard InChI is InChI=1S/C8H12BrN/c9-8(6-7-10)4-2-1-3-5-8/h1-4H,5-7,10H2/t8-/m1/s1. The highest BCUT2D eigenvalue weighted by atomic mass is 79.9. The smallest absolute Gasteiger partial charge is 0.0486 e. The average Bonchev–Trinajstić information content (AvgIpc) is 1.89. The van der Waals surface area contributed by atoms with Gasteiger partial charge in [0.25, 0.3) is 0 Å². The molecule has 2 heteroatoms. The number of hydrogen-bond donors (Lipinski definition) is 1. The van der Waals surface area contributed by atoms with Crippen molar-refractivity contribution in [3.63, 3.8) is 0 Å². The summed E-state index contributed by atoms with van der Waals surface area (Å²) in [6, 6.07) is 0. The van der Waals surface area contributed by atoms with Crippen LogP contribution in [-0.4, -0.2) is 10.9 Å². The maximum atomic E-state index is 5.46. The molecule has 1 nitrogen and oxygen atoms in total. The second-order valence-electron chi connectivity index (χ2n) is 2.56. The zero-order chi connectivity index (χ0) is 7.45. The number of nitrogens with two attached hydrogens (primary N) is 1. The van der Waals surface area contributed by atoms with Crippen LogP contribution in [0.2, 0.25) is 0 Å². The Balaban J connectivity index is 2.52. The van der Waals surface area contributed by atoms with Gasteiger partial charge in [-0.1, -0.05) is 40.2 Å². The third-order valence-corrected chi connectivity index (χ3v) is 2.64. The van der Waals surface area contributed by atoms with E-state index < -0.39 is 0 Å². The molecule has 1 atom stereocenters. The van der Waals surface area contributed by atoms with E-state index in [-0.39, 0.29) is 4.32 Å². The van der Waals surface area contributed by atoms with Gasteiger partial charge in [0, 0.05) is 4.32 Å². The van der Waals surface area contributed by atoms with Crippen molar-refractivity contribution in [1.82, 2.24) is 0 Å². The zero-order valence-electron chi connectivity index (χ0n) is 5.89. The Kier molecular flexibility index (Phi) is 2.69. The third-order valence-electron chi connectivity index (χ3n) is 1.66. The van der Waals surface area contributed by atoms with E-state index in [0.29, 0.717) is 0 Å². The van der Waals surface area contributed by atoms with Gasteiger partial charge in [-0.15, -0.1) is 0 Å². The molecule has 0 radical (unpaired) electrons. The lowest BCUT2D eigenvalue weighted by Crippen LogP contribution is -2.22. The van der Waals surface area contributed by atoms with Crippen LogP contribution in [0.3, 0.4) is 0 Å². The van der Waals surface area contributed by atoms with E-state index in [0.717, 1.165) is 19.4 Å². The van der Waals surface area contributed by atoms with Gasteiger partial charge in [0.15, 0.2) is 0 Å². The molecular formula is C8H12BrN. The maximum absolute atomic E-state index is 5.46. The van der Waals surface area contributed by atoms with Crippen LogP contribution in [0, 0.1) is 0 Å². The first-order valence-corrected chi connectivity index (χ1v) is 4.29. The van der Waals surface area contributed by atoms with E-state index in [2.05, 4.69) is 40.2 Å². The lowest BCUT2D eigenvalue weighted by atomic mass is 9.97. The first-order valence-electron chi connectivity index (χ1n) is 3.50. The molecule has 0 saturated heterocycles. The van der Waals surface area contributed by atoms with Crippen molar-refractivity contribution >= 4 is 15.9 Å². The average molecular weight is 202 g/mol. The van der Waals surface area contributed by atoms with Crippen molar-refractivity contribution in [2.75, 3.05) is 6.54 Å². The Morgan fingerprint density at radius 3 is 2.80 bits per heavy atom. The second kappa shape index (κ2) is 3.35. The van der Waals surface area contributed by atoms with Crippen LogP contribution in [0.1, 0.15) is 12.8 Å². The Labute approximate surface area is 70.1 Å². The van der Waals surface area contributed by atoms with E-state index in [1.807, 2.05) is 0 Å². The molecule has 0 fully saturated rings. The molecule has 1 aliphatic rings. The summed E-state index contributed by atoms with van der Waals surface area (Å²) in [5, 5.41) is 0. The Morgan fingerprint density at radius 2 is 2.30 bits per heavy atom. The summed E-state index contributed by atoms with van der Waals surface area (Å²) in [6.45, 7) is 0.740. The van der Waals surface area contributed by atoms with Gasteiger partial charge in [0.05, 0.1) is 0 Å². The lowest BCUT2D eigenvalue weighted by molar-refractivity contribution is 0.667. The van der Waals surface area contributed by atoms with Crippen LogP contribution >= 0.6 is 15.9 Å². The Bertz CT molecular complexity index is 163. The largest absolute Gasteiger partial charge is 0.330 e. The molecule has 0 aromatic heterocycles. The van der Waals surface area contributed by atoms with Crippen LogP contribution in [0.5, 0.6) is 0 Å². The summed E-state index contributed by atoms with van der Waals surface area (Å²) in [7, 11) is 0. The Morgan fingerprint density at radius 1 is 1.50 bits per heavy atom. The molecule has 0 unspecified atom stereocenters. The van der Waals surface area contributed by atoms with Crippen LogP contribution in [0.25, 0.3) is 0 Å². The minimum Gasteiger partial charge on any atom is -0.330 e. The Hall–Kier alpha value is -0.0800. The van der Waals surface area contributed by atoms with Crippen molar-refractivity contribution in [3.8, 4) is 0 Å². The summed E-state index contributed by atoms with van der Waals surface area (Å²) in [5.41, 5.74) is 5.46. The van der Waals surface area contributed by atoms with Crippen LogP contribution in [-0.2, 0) is 0 Å². The molecule has 0 aromatic rings. The van der Waals surface area contributed by atoms with Crippen molar-refractivity contribution in [2.24, 2.45) is 5.73 Å². The number of allylic oxidation sites excluding steroid dienone is 4. The highest BCUT2D eigenvalue weighted by molar-refractivity contribution is 9.10. The highest BCUT2D eigenvalue weighted by Gasteiger charge is 2.21. The normalized spacial score (nSPS) is 31.0. The van der Waals surface area contributed by atoms with Crippen LogP contribution < -0.4 is 5.73 Å². The molecular weight excluding hydrogens is 190 g/mol. The monoisotopic (exact) mass is 201 g/mol. The SMILES string of the molecule is NCC[C@@]1(Br)C=CC=CC1.